The highest BCUT2D eigenvalue weighted by Crippen LogP contribution is 2.32. The first-order chi connectivity index (χ1) is 12.7. The Bertz CT molecular complexity index is 650. The third-order valence-corrected chi connectivity index (χ3v) is 4.07. The van der Waals surface area contributed by atoms with Gasteiger partial charge in [-0.25, -0.2) is 0 Å². The van der Waals surface area contributed by atoms with E-state index in [4.69, 9.17) is 25.8 Å². The van der Waals surface area contributed by atoms with E-state index in [1.54, 1.807) is 0 Å². The summed E-state index contributed by atoms with van der Waals surface area (Å²) in [6.07, 6.45) is 0.986. The fourth-order valence-corrected chi connectivity index (χ4v) is 2.66. The Labute approximate surface area is 173 Å². The minimum absolute atomic E-state index is 0. The molecule has 0 radical (unpaired) electrons. The average Bonchev–Trinajstić information content (AvgIpc) is 2.65. The largest absolute Gasteiger partial charge is 0.490 e. The van der Waals surface area contributed by atoms with Crippen LogP contribution in [0, 0.1) is 0 Å². The Morgan fingerprint density at radius 2 is 1.74 bits per heavy atom. The predicted octanol–water partition coefficient (Wildman–Crippen LogP) is 5.26. The van der Waals surface area contributed by atoms with E-state index in [2.05, 4.69) is 11.4 Å². The number of nitrogens with one attached hydrogen (secondary N) is 1. The Morgan fingerprint density at radius 3 is 2.44 bits per heavy atom. The quantitative estimate of drug-likeness (QED) is 0.481. The van der Waals surface area contributed by atoms with Crippen LogP contribution in [0.25, 0.3) is 0 Å². The summed E-state index contributed by atoms with van der Waals surface area (Å²) in [5, 5.41) is 4.17. The standard InChI is InChI=1S/C21H28ClNO3.ClH/c1-3-24-14-6-13-23-15-18-7-5-8-20(25-4-2)21(18)26-16-17-9-11-19(22)12-10-17;/h5,7-12,23H,3-4,6,13-16H2,1-2H3;1H. The van der Waals surface area contributed by atoms with Crippen molar-refractivity contribution in [1.82, 2.24) is 5.32 Å². The van der Waals surface area contributed by atoms with Crippen molar-refractivity contribution < 1.29 is 14.2 Å². The van der Waals surface area contributed by atoms with Gasteiger partial charge >= 0.3 is 0 Å². The third-order valence-electron chi connectivity index (χ3n) is 3.82. The summed E-state index contributed by atoms with van der Waals surface area (Å²) in [5.41, 5.74) is 2.15. The van der Waals surface area contributed by atoms with E-state index in [0.717, 1.165) is 60.4 Å². The van der Waals surface area contributed by atoms with Gasteiger partial charge in [-0.3, -0.25) is 0 Å². The molecule has 0 amide bonds. The van der Waals surface area contributed by atoms with Gasteiger partial charge in [-0.15, -0.1) is 12.4 Å². The SMILES string of the molecule is CCOCCCNCc1cccc(OCC)c1OCc1ccc(Cl)cc1.Cl. The molecule has 4 nitrogen and oxygen atoms in total. The maximum absolute atomic E-state index is 6.11. The lowest BCUT2D eigenvalue weighted by molar-refractivity contribution is 0.144. The number of para-hydroxylation sites is 1. The van der Waals surface area contributed by atoms with Gasteiger partial charge in [-0.05, 0) is 50.6 Å². The molecule has 0 aliphatic rings. The van der Waals surface area contributed by atoms with E-state index in [0.29, 0.717) is 13.2 Å². The molecule has 0 saturated carbocycles. The molecule has 0 saturated heterocycles. The number of ether oxygens (including phenoxy) is 3. The van der Waals surface area contributed by atoms with Crippen molar-refractivity contribution in [3.8, 4) is 11.5 Å². The molecular weight excluding hydrogens is 385 g/mol. The Kier molecular flexibility index (Phi) is 11.9. The highest BCUT2D eigenvalue weighted by Gasteiger charge is 2.11. The van der Waals surface area contributed by atoms with Crippen molar-refractivity contribution in [3.05, 3.63) is 58.6 Å². The second-order valence-corrected chi connectivity index (χ2v) is 6.26. The van der Waals surface area contributed by atoms with Crippen LogP contribution in [0.1, 0.15) is 31.4 Å². The van der Waals surface area contributed by atoms with Crippen LogP contribution in [0.5, 0.6) is 11.5 Å². The van der Waals surface area contributed by atoms with Gasteiger partial charge in [0.05, 0.1) is 6.61 Å². The average molecular weight is 414 g/mol. The van der Waals surface area contributed by atoms with Crippen LogP contribution in [0.3, 0.4) is 0 Å². The topological polar surface area (TPSA) is 39.7 Å². The first kappa shape index (κ1) is 23.6. The lowest BCUT2D eigenvalue weighted by Gasteiger charge is -2.16. The summed E-state index contributed by atoms with van der Waals surface area (Å²) in [5.74, 6) is 1.57. The van der Waals surface area contributed by atoms with Gasteiger partial charge in [0.25, 0.3) is 0 Å². The number of hydrogen-bond donors (Lipinski definition) is 1. The van der Waals surface area contributed by atoms with Crippen LogP contribution >= 0.6 is 24.0 Å². The molecule has 0 atom stereocenters. The molecular formula is C21H29Cl2NO3. The molecule has 0 aliphatic heterocycles. The molecule has 27 heavy (non-hydrogen) atoms. The van der Waals surface area contributed by atoms with Crippen molar-refractivity contribution in [3.63, 3.8) is 0 Å². The molecule has 0 aliphatic carbocycles. The summed E-state index contributed by atoms with van der Waals surface area (Å²) in [6.45, 7) is 8.22. The van der Waals surface area contributed by atoms with Crippen LogP contribution in [0.15, 0.2) is 42.5 Å². The van der Waals surface area contributed by atoms with E-state index in [1.807, 2.05) is 50.2 Å². The summed E-state index contributed by atoms with van der Waals surface area (Å²) in [6, 6.07) is 13.7. The molecule has 0 heterocycles. The lowest BCUT2D eigenvalue weighted by Crippen LogP contribution is -2.17. The lowest BCUT2D eigenvalue weighted by atomic mass is 10.1. The maximum atomic E-state index is 6.11. The predicted molar refractivity (Wildman–Crippen MR) is 113 cm³/mol. The van der Waals surface area contributed by atoms with Gasteiger partial charge in [-0.1, -0.05) is 35.9 Å². The van der Waals surface area contributed by atoms with Gasteiger partial charge < -0.3 is 19.5 Å². The van der Waals surface area contributed by atoms with E-state index < -0.39 is 0 Å². The van der Waals surface area contributed by atoms with Crippen molar-refractivity contribution in [2.45, 2.75) is 33.4 Å². The minimum atomic E-state index is 0. The molecule has 2 aromatic carbocycles. The Balaban J connectivity index is 0.00000364. The molecule has 150 valence electrons. The molecule has 0 spiro atoms. The van der Waals surface area contributed by atoms with Gasteiger partial charge in [0.15, 0.2) is 11.5 Å². The summed E-state index contributed by atoms with van der Waals surface area (Å²) in [7, 11) is 0. The first-order valence-corrected chi connectivity index (χ1v) is 9.52. The third kappa shape index (κ3) is 8.39. The zero-order valence-electron chi connectivity index (χ0n) is 16.0. The summed E-state index contributed by atoms with van der Waals surface area (Å²) < 4.78 is 17.2. The van der Waals surface area contributed by atoms with Gasteiger partial charge in [0.1, 0.15) is 6.61 Å². The number of hydrogen-bond acceptors (Lipinski definition) is 4. The van der Waals surface area contributed by atoms with Crippen molar-refractivity contribution in [2.24, 2.45) is 0 Å². The number of rotatable bonds is 12. The molecule has 0 bridgehead atoms. The Morgan fingerprint density at radius 1 is 0.963 bits per heavy atom. The van der Waals surface area contributed by atoms with Gasteiger partial charge in [-0.2, -0.15) is 0 Å². The fraction of sp³-hybridized carbons (Fsp3) is 0.429. The molecule has 0 unspecified atom stereocenters. The first-order valence-electron chi connectivity index (χ1n) is 9.15. The van der Waals surface area contributed by atoms with Crippen molar-refractivity contribution in [2.75, 3.05) is 26.4 Å². The fourth-order valence-electron chi connectivity index (χ4n) is 2.54. The highest BCUT2D eigenvalue weighted by molar-refractivity contribution is 6.30. The summed E-state index contributed by atoms with van der Waals surface area (Å²) in [4.78, 5) is 0. The molecule has 0 fully saturated rings. The van der Waals surface area contributed by atoms with Crippen LogP contribution in [-0.2, 0) is 17.9 Å². The van der Waals surface area contributed by atoms with E-state index >= 15 is 0 Å². The smallest absolute Gasteiger partial charge is 0.166 e. The van der Waals surface area contributed by atoms with Crippen LogP contribution in [-0.4, -0.2) is 26.4 Å². The zero-order chi connectivity index (χ0) is 18.6. The highest BCUT2D eigenvalue weighted by atomic mass is 35.5. The molecule has 2 rings (SSSR count). The van der Waals surface area contributed by atoms with E-state index in [9.17, 15) is 0 Å². The van der Waals surface area contributed by atoms with Crippen LogP contribution < -0.4 is 14.8 Å². The van der Waals surface area contributed by atoms with Crippen LogP contribution in [0.4, 0.5) is 0 Å². The van der Waals surface area contributed by atoms with Crippen molar-refractivity contribution in [1.29, 1.82) is 0 Å². The molecule has 0 aromatic heterocycles. The normalized spacial score (nSPS) is 10.3. The Hall–Kier alpha value is -1.46. The maximum Gasteiger partial charge on any atom is 0.166 e. The second-order valence-electron chi connectivity index (χ2n) is 5.82. The van der Waals surface area contributed by atoms with Crippen LogP contribution in [0.2, 0.25) is 5.02 Å². The molecule has 1 N–H and O–H groups in total. The van der Waals surface area contributed by atoms with Gasteiger partial charge in [0.2, 0.25) is 0 Å². The molecule has 6 heteroatoms. The summed E-state index contributed by atoms with van der Waals surface area (Å²) >= 11 is 5.95. The monoisotopic (exact) mass is 413 g/mol. The van der Waals surface area contributed by atoms with E-state index in [-0.39, 0.29) is 12.4 Å². The van der Waals surface area contributed by atoms with Gasteiger partial charge in [0, 0.05) is 30.3 Å². The van der Waals surface area contributed by atoms with E-state index in [1.165, 1.54) is 0 Å². The zero-order valence-corrected chi connectivity index (χ0v) is 17.6. The number of benzene rings is 2. The number of halogens is 2. The second kappa shape index (κ2) is 13.7. The minimum Gasteiger partial charge on any atom is -0.490 e. The van der Waals surface area contributed by atoms with Crippen molar-refractivity contribution >= 4 is 24.0 Å². The molecule has 2 aromatic rings.